The number of allylic oxidation sites excluding steroid dienone is 8. The second-order valence-electron chi connectivity index (χ2n) is 26.0. The van der Waals surface area contributed by atoms with Gasteiger partial charge in [-0.15, -0.1) is 0 Å². The van der Waals surface area contributed by atoms with Crippen molar-refractivity contribution >= 4 is 5.91 Å². The predicted molar refractivity (Wildman–Crippen MR) is 360 cm³/mol. The third kappa shape index (κ3) is 42.2. The number of rotatable bonds is 61. The highest BCUT2D eigenvalue weighted by molar-refractivity contribution is 5.76. The van der Waals surface area contributed by atoms with Crippen LogP contribution >= 0.6 is 0 Å². The molecule has 12 atom stereocenters. The number of nitrogens with one attached hydrogen (secondary N) is 1. The molecular weight excluding hydrogens is 1110 g/mol. The van der Waals surface area contributed by atoms with E-state index in [9.17, 15) is 45.6 Å². The van der Waals surface area contributed by atoms with E-state index < -0.39 is 86.8 Å². The summed E-state index contributed by atoms with van der Waals surface area (Å²) in [4.78, 5) is 13.4. The average molecular weight is 1250 g/mol. The van der Waals surface area contributed by atoms with Gasteiger partial charge in [-0.3, -0.25) is 4.79 Å². The molecule has 14 heteroatoms. The van der Waals surface area contributed by atoms with Gasteiger partial charge >= 0.3 is 0 Å². The number of carbonyl (C=O) groups is 1. The van der Waals surface area contributed by atoms with E-state index in [1.54, 1.807) is 0 Å². The summed E-state index contributed by atoms with van der Waals surface area (Å²) in [6.07, 6.45) is 59.9. The highest BCUT2D eigenvalue weighted by Gasteiger charge is 2.51. The van der Waals surface area contributed by atoms with E-state index in [0.717, 1.165) is 77.0 Å². The lowest BCUT2D eigenvalue weighted by Crippen LogP contribution is -2.65. The number of ether oxygens (including phenoxy) is 4. The minimum Gasteiger partial charge on any atom is -0.394 e. The molecule has 0 radical (unpaired) electrons. The van der Waals surface area contributed by atoms with E-state index in [2.05, 4.69) is 67.8 Å². The van der Waals surface area contributed by atoms with Crippen LogP contribution in [0.3, 0.4) is 0 Å². The van der Waals surface area contributed by atoms with Crippen molar-refractivity contribution < 1.29 is 64.6 Å². The standard InChI is InChI=1S/C74H137NO13/c1-3-5-7-9-11-13-15-17-19-21-23-25-27-28-29-30-31-32-33-34-36-38-40-42-44-46-48-50-52-54-56-58-66(79)75-62(61-85-73-71(84)69(82)72(65(60-77)87-73)88-74-70(83)68(81)67(80)64(59-76)86-74)63(78)57-55-53-51-49-47-45-43-41-39-37-35-26-24-22-20-18-16-14-12-10-8-6-4-2/h5,7,11,13,17,19,23,25,62-65,67-74,76-78,80-84H,3-4,6,8-10,12,14-16,18,20-22,24,26-61H2,1-2H3,(H,75,79)/b7-5-,13-11-,19-17-,25-23-. The summed E-state index contributed by atoms with van der Waals surface area (Å²) >= 11 is 0. The maximum absolute atomic E-state index is 13.4. The van der Waals surface area contributed by atoms with Crippen molar-refractivity contribution in [3.8, 4) is 0 Å². The molecule has 14 nitrogen and oxygen atoms in total. The van der Waals surface area contributed by atoms with Crippen molar-refractivity contribution in [3.63, 3.8) is 0 Å². The average Bonchev–Trinajstić information content (AvgIpc) is 3.10. The Hall–Kier alpha value is -2.05. The largest absolute Gasteiger partial charge is 0.394 e. The molecule has 2 rings (SSSR count). The molecule has 2 aliphatic heterocycles. The van der Waals surface area contributed by atoms with E-state index in [1.165, 1.54) is 218 Å². The Labute approximate surface area is 537 Å². The Morgan fingerprint density at radius 2 is 0.784 bits per heavy atom. The zero-order chi connectivity index (χ0) is 63.8. The van der Waals surface area contributed by atoms with Crippen LogP contribution in [0.2, 0.25) is 0 Å². The fourth-order valence-electron chi connectivity index (χ4n) is 12.2. The summed E-state index contributed by atoms with van der Waals surface area (Å²) in [5.41, 5.74) is 0. The molecule has 2 aliphatic rings. The first-order valence-electron chi connectivity index (χ1n) is 36.9. The molecule has 2 saturated heterocycles. The van der Waals surface area contributed by atoms with Gasteiger partial charge in [-0.2, -0.15) is 0 Å². The molecule has 0 aromatic heterocycles. The smallest absolute Gasteiger partial charge is 0.220 e. The van der Waals surface area contributed by atoms with Gasteiger partial charge in [-0.05, 0) is 51.4 Å². The van der Waals surface area contributed by atoms with Crippen molar-refractivity contribution in [2.75, 3.05) is 19.8 Å². The molecular formula is C74H137NO13. The van der Waals surface area contributed by atoms with Gasteiger partial charge in [0.25, 0.3) is 0 Å². The number of carbonyl (C=O) groups excluding carboxylic acids is 1. The van der Waals surface area contributed by atoms with Crippen LogP contribution in [0.15, 0.2) is 48.6 Å². The molecule has 0 bridgehead atoms. The Morgan fingerprint density at radius 3 is 1.20 bits per heavy atom. The second-order valence-corrected chi connectivity index (χ2v) is 26.0. The third-order valence-corrected chi connectivity index (χ3v) is 18.1. The molecule has 0 spiro atoms. The van der Waals surface area contributed by atoms with E-state index in [0.29, 0.717) is 12.8 Å². The summed E-state index contributed by atoms with van der Waals surface area (Å²) in [5, 5.41) is 87.7. The van der Waals surface area contributed by atoms with Crippen LogP contribution in [0.5, 0.6) is 0 Å². The lowest BCUT2D eigenvalue weighted by molar-refractivity contribution is -0.359. The van der Waals surface area contributed by atoms with Crippen LogP contribution in [0.25, 0.3) is 0 Å². The summed E-state index contributed by atoms with van der Waals surface area (Å²) in [5.74, 6) is -0.201. The molecule has 2 fully saturated rings. The zero-order valence-electron chi connectivity index (χ0n) is 56.2. The highest BCUT2D eigenvalue weighted by Crippen LogP contribution is 2.30. The van der Waals surface area contributed by atoms with Crippen LogP contribution < -0.4 is 5.32 Å². The van der Waals surface area contributed by atoms with Crippen LogP contribution in [-0.4, -0.2) is 140 Å². The molecule has 516 valence electrons. The third-order valence-electron chi connectivity index (χ3n) is 18.1. The summed E-state index contributed by atoms with van der Waals surface area (Å²) < 4.78 is 23.0. The highest BCUT2D eigenvalue weighted by atomic mass is 16.7. The molecule has 88 heavy (non-hydrogen) atoms. The molecule has 1 amide bonds. The lowest BCUT2D eigenvalue weighted by atomic mass is 9.97. The summed E-state index contributed by atoms with van der Waals surface area (Å²) in [6.45, 7) is 2.80. The minimum absolute atomic E-state index is 0.201. The van der Waals surface area contributed by atoms with Crippen molar-refractivity contribution in [2.24, 2.45) is 0 Å². The predicted octanol–water partition coefficient (Wildman–Crippen LogP) is 15.5. The number of aliphatic hydroxyl groups is 8. The normalized spacial score (nSPS) is 23.4. The van der Waals surface area contributed by atoms with Crippen molar-refractivity contribution in [1.29, 1.82) is 0 Å². The second kappa shape index (κ2) is 58.7. The van der Waals surface area contributed by atoms with Crippen LogP contribution in [0, 0.1) is 0 Å². The number of hydrogen-bond acceptors (Lipinski definition) is 13. The Morgan fingerprint density at radius 1 is 0.420 bits per heavy atom. The monoisotopic (exact) mass is 1250 g/mol. The molecule has 0 aromatic rings. The first-order chi connectivity index (χ1) is 43.1. The van der Waals surface area contributed by atoms with Gasteiger partial charge in [0.05, 0.1) is 32.0 Å². The number of hydrogen-bond donors (Lipinski definition) is 9. The topological polar surface area (TPSA) is 228 Å². The first-order valence-corrected chi connectivity index (χ1v) is 36.9. The van der Waals surface area contributed by atoms with Gasteiger partial charge in [0, 0.05) is 6.42 Å². The molecule has 9 N–H and O–H groups in total. The number of aliphatic hydroxyl groups excluding tert-OH is 8. The molecule has 0 aromatic carbocycles. The fraction of sp³-hybridized carbons (Fsp3) is 0.878. The lowest BCUT2D eigenvalue weighted by Gasteiger charge is -2.46. The van der Waals surface area contributed by atoms with E-state index in [-0.39, 0.29) is 12.5 Å². The van der Waals surface area contributed by atoms with Crippen molar-refractivity contribution in [3.05, 3.63) is 48.6 Å². The van der Waals surface area contributed by atoms with Gasteiger partial charge in [-0.25, -0.2) is 0 Å². The van der Waals surface area contributed by atoms with E-state index in [1.807, 2.05) is 0 Å². The van der Waals surface area contributed by atoms with Gasteiger partial charge in [0.1, 0.15) is 48.8 Å². The number of unbranched alkanes of at least 4 members (excludes halogenated alkanes) is 40. The quantitative estimate of drug-likeness (QED) is 0.0204. The number of amides is 1. The van der Waals surface area contributed by atoms with E-state index >= 15 is 0 Å². The fourth-order valence-corrected chi connectivity index (χ4v) is 12.2. The Bertz CT molecular complexity index is 1660. The Kier molecular flexibility index (Phi) is 54.8. The summed E-state index contributed by atoms with van der Waals surface area (Å²) in [6, 6.07) is -0.830. The van der Waals surface area contributed by atoms with Gasteiger partial charge in [-0.1, -0.05) is 313 Å². The molecule has 0 saturated carbocycles. The summed E-state index contributed by atoms with van der Waals surface area (Å²) in [7, 11) is 0. The molecule has 0 aliphatic carbocycles. The van der Waals surface area contributed by atoms with Crippen molar-refractivity contribution in [1.82, 2.24) is 5.32 Å². The van der Waals surface area contributed by atoms with Crippen LogP contribution in [0.4, 0.5) is 0 Å². The zero-order valence-corrected chi connectivity index (χ0v) is 56.2. The van der Waals surface area contributed by atoms with Crippen LogP contribution in [0.1, 0.15) is 322 Å². The Balaban J connectivity index is 1.63. The van der Waals surface area contributed by atoms with Gasteiger partial charge in [0.2, 0.25) is 5.91 Å². The maximum Gasteiger partial charge on any atom is 0.220 e. The first kappa shape index (κ1) is 82.0. The SMILES string of the molecule is CC/C=C\C/C=C\C/C=C\C/C=C\CCCCCCCCCCCCCCCCCCCCC(=O)NC(COC1OC(CO)C(OC2OC(CO)C(O)C(O)C2O)C(O)C1O)C(O)CCCCCCCCCCCCCCCCCCCCCCCCC. The van der Waals surface area contributed by atoms with Crippen LogP contribution in [-0.2, 0) is 23.7 Å². The van der Waals surface area contributed by atoms with Gasteiger partial charge < -0.3 is 65.1 Å². The van der Waals surface area contributed by atoms with Crippen molar-refractivity contribution in [2.45, 2.75) is 396 Å². The maximum atomic E-state index is 13.4. The van der Waals surface area contributed by atoms with E-state index in [4.69, 9.17) is 18.9 Å². The molecule has 2 heterocycles. The van der Waals surface area contributed by atoms with Gasteiger partial charge in [0.15, 0.2) is 12.6 Å². The molecule has 12 unspecified atom stereocenters. The minimum atomic E-state index is -1.78.